The molecule has 0 spiro atoms. The van der Waals surface area contributed by atoms with Gasteiger partial charge in [-0.1, -0.05) is 19.3 Å². The van der Waals surface area contributed by atoms with Crippen LogP contribution in [-0.2, 0) is 14.4 Å². The summed E-state index contributed by atoms with van der Waals surface area (Å²) < 4.78 is 0. The summed E-state index contributed by atoms with van der Waals surface area (Å²) in [6.07, 6.45) is 7.32. The maximum Gasteiger partial charge on any atom is 0.306 e. The number of amides is 2. The summed E-state index contributed by atoms with van der Waals surface area (Å²) in [5, 5.41) is 9.07. The minimum Gasteiger partial charge on any atom is -0.481 e. The molecule has 0 radical (unpaired) electrons. The Morgan fingerprint density at radius 2 is 1.17 bits per heavy atom. The van der Waals surface area contributed by atoms with Crippen molar-refractivity contribution in [3.05, 3.63) is 0 Å². The van der Waals surface area contributed by atoms with Crippen molar-refractivity contribution in [3.8, 4) is 0 Å². The molecule has 3 fully saturated rings. The van der Waals surface area contributed by atoms with Gasteiger partial charge in [-0.15, -0.1) is 0 Å². The first-order chi connectivity index (χ1) is 11.6. The first kappa shape index (κ1) is 17.2. The topological polar surface area (TPSA) is 77.9 Å². The summed E-state index contributed by atoms with van der Waals surface area (Å²) in [5.41, 5.74) is 0. The van der Waals surface area contributed by atoms with Gasteiger partial charge in [0.1, 0.15) is 0 Å². The van der Waals surface area contributed by atoms with Gasteiger partial charge in [-0.2, -0.15) is 0 Å². The summed E-state index contributed by atoms with van der Waals surface area (Å²) in [7, 11) is 0. The summed E-state index contributed by atoms with van der Waals surface area (Å²) in [4.78, 5) is 39.9. The van der Waals surface area contributed by atoms with Crippen molar-refractivity contribution in [2.75, 3.05) is 26.2 Å². The van der Waals surface area contributed by atoms with Crippen LogP contribution in [0.3, 0.4) is 0 Å². The van der Waals surface area contributed by atoms with Crippen molar-refractivity contribution in [2.24, 2.45) is 17.8 Å². The molecule has 0 aromatic heterocycles. The lowest BCUT2D eigenvalue weighted by molar-refractivity contribution is -0.145. The van der Waals surface area contributed by atoms with E-state index < -0.39 is 5.97 Å². The number of aliphatic carboxylic acids is 1. The Morgan fingerprint density at radius 1 is 0.667 bits per heavy atom. The van der Waals surface area contributed by atoms with Crippen LogP contribution in [0.2, 0.25) is 0 Å². The predicted octanol–water partition coefficient (Wildman–Crippen LogP) is 1.74. The Bertz CT molecular complexity index is 493. The zero-order valence-corrected chi connectivity index (χ0v) is 14.3. The third-order valence-electron chi connectivity index (χ3n) is 5.99. The van der Waals surface area contributed by atoms with Gasteiger partial charge in [0, 0.05) is 38.0 Å². The minimum absolute atomic E-state index is 0.0866. The van der Waals surface area contributed by atoms with E-state index in [0.29, 0.717) is 45.4 Å². The van der Waals surface area contributed by atoms with Crippen LogP contribution in [0.25, 0.3) is 0 Å². The number of hydrogen-bond donors (Lipinski definition) is 1. The molecule has 2 aliphatic carbocycles. The van der Waals surface area contributed by atoms with E-state index in [4.69, 9.17) is 5.11 Å². The quantitative estimate of drug-likeness (QED) is 0.851. The van der Waals surface area contributed by atoms with Gasteiger partial charge in [0.05, 0.1) is 5.92 Å². The molecule has 2 saturated carbocycles. The molecule has 3 rings (SSSR count). The fourth-order valence-corrected chi connectivity index (χ4v) is 4.44. The molecule has 6 heteroatoms. The Hall–Kier alpha value is -1.59. The Morgan fingerprint density at radius 3 is 1.67 bits per heavy atom. The molecule has 1 N–H and O–H groups in total. The molecule has 3 aliphatic rings. The molecule has 1 heterocycles. The van der Waals surface area contributed by atoms with E-state index in [-0.39, 0.29) is 29.6 Å². The van der Waals surface area contributed by atoms with Crippen LogP contribution in [0, 0.1) is 17.8 Å². The van der Waals surface area contributed by atoms with E-state index in [9.17, 15) is 14.4 Å². The normalized spacial score (nSPS) is 28.8. The predicted molar refractivity (Wildman–Crippen MR) is 88.2 cm³/mol. The van der Waals surface area contributed by atoms with Gasteiger partial charge < -0.3 is 14.9 Å². The lowest BCUT2D eigenvalue weighted by atomic mass is 9.88. The number of carbonyl (C=O) groups is 3. The van der Waals surface area contributed by atoms with Crippen LogP contribution in [0.4, 0.5) is 0 Å². The van der Waals surface area contributed by atoms with E-state index in [1.165, 1.54) is 6.42 Å². The Labute approximate surface area is 143 Å². The van der Waals surface area contributed by atoms with E-state index in [1.54, 1.807) is 0 Å². The second-order valence-corrected chi connectivity index (χ2v) is 7.53. The SMILES string of the molecule is O=C(O)[C@@H]1CC[C@H](C(=O)N2CCN(C(=O)C3CCCCC3)CC2)C1. The summed E-state index contributed by atoms with van der Waals surface area (Å²) in [6.45, 7) is 2.42. The molecule has 0 aromatic rings. The van der Waals surface area contributed by atoms with Crippen molar-refractivity contribution < 1.29 is 19.5 Å². The largest absolute Gasteiger partial charge is 0.481 e. The van der Waals surface area contributed by atoms with Crippen LogP contribution < -0.4 is 0 Å². The van der Waals surface area contributed by atoms with Gasteiger partial charge in [-0.05, 0) is 32.1 Å². The van der Waals surface area contributed by atoms with Gasteiger partial charge in [0.25, 0.3) is 0 Å². The smallest absolute Gasteiger partial charge is 0.306 e. The van der Waals surface area contributed by atoms with E-state index in [1.807, 2.05) is 9.80 Å². The van der Waals surface area contributed by atoms with Crippen molar-refractivity contribution >= 4 is 17.8 Å². The van der Waals surface area contributed by atoms with Gasteiger partial charge in [0.2, 0.25) is 11.8 Å². The Kier molecular flexibility index (Phi) is 5.41. The zero-order valence-electron chi connectivity index (χ0n) is 14.3. The molecule has 2 amide bonds. The molecular weight excluding hydrogens is 308 g/mol. The van der Waals surface area contributed by atoms with Gasteiger partial charge >= 0.3 is 5.97 Å². The second kappa shape index (κ2) is 7.53. The average Bonchev–Trinajstić information content (AvgIpc) is 3.12. The number of piperazine rings is 1. The van der Waals surface area contributed by atoms with E-state index in [2.05, 4.69) is 0 Å². The standard InChI is InChI=1S/C18H28N2O4/c21-16(13-4-2-1-3-5-13)19-8-10-20(11-9-19)17(22)14-6-7-15(12-14)18(23)24/h13-15H,1-12H2,(H,23,24)/t14-,15+/m0/s1. The van der Waals surface area contributed by atoms with Crippen molar-refractivity contribution in [2.45, 2.75) is 51.4 Å². The average molecular weight is 336 g/mol. The highest BCUT2D eigenvalue weighted by atomic mass is 16.4. The fourth-order valence-electron chi connectivity index (χ4n) is 4.44. The van der Waals surface area contributed by atoms with Crippen LogP contribution >= 0.6 is 0 Å². The van der Waals surface area contributed by atoms with E-state index in [0.717, 1.165) is 25.7 Å². The second-order valence-electron chi connectivity index (χ2n) is 7.53. The van der Waals surface area contributed by atoms with Gasteiger partial charge in [0.15, 0.2) is 0 Å². The molecule has 1 aliphatic heterocycles. The molecular formula is C18H28N2O4. The maximum atomic E-state index is 12.6. The number of carboxylic acids is 1. The lowest BCUT2D eigenvalue weighted by Crippen LogP contribution is -2.53. The molecule has 2 atom stereocenters. The van der Waals surface area contributed by atoms with Crippen LogP contribution in [-0.4, -0.2) is 58.9 Å². The first-order valence-corrected chi connectivity index (χ1v) is 9.36. The van der Waals surface area contributed by atoms with Crippen LogP contribution in [0.1, 0.15) is 51.4 Å². The highest BCUT2D eigenvalue weighted by Crippen LogP contribution is 2.33. The van der Waals surface area contributed by atoms with Crippen molar-refractivity contribution in [1.82, 2.24) is 9.80 Å². The molecule has 134 valence electrons. The third kappa shape index (κ3) is 3.73. The molecule has 6 nitrogen and oxygen atoms in total. The van der Waals surface area contributed by atoms with Crippen molar-refractivity contribution in [3.63, 3.8) is 0 Å². The third-order valence-corrected chi connectivity index (χ3v) is 5.99. The lowest BCUT2D eigenvalue weighted by Gasteiger charge is -2.38. The molecule has 0 unspecified atom stereocenters. The monoisotopic (exact) mass is 336 g/mol. The van der Waals surface area contributed by atoms with Crippen LogP contribution in [0.15, 0.2) is 0 Å². The summed E-state index contributed by atoms with van der Waals surface area (Å²) in [5.74, 6) is -0.753. The number of carboxylic acid groups (broad SMARTS) is 1. The number of nitrogens with zero attached hydrogens (tertiary/aromatic N) is 2. The molecule has 0 aromatic carbocycles. The fraction of sp³-hybridized carbons (Fsp3) is 0.833. The van der Waals surface area contributed by atoms with E-state index >= 15 is 0 Å². The maximum absolute atomic E-state index is 12.6. The van der Waals surface area contributed by atoms with Crippen molar-refractivity contribution in [1.29, 1.82) is 0 Å². The van der Waals surface area contributed by atoms with Gasteiger partial charge in [-0.25, -0.2) is 0 Å². The summed E-state index contributed by atoms with van der Waals surface area (Å²) in [6, 6.07) is 0. The molecule has 0 bridgehead atoms. The molecule has 24 heavy (non-hydrogen) atoms. The Balaban J connectivity index is 1.47. The first-order valence-electron chi connectivity index (χ1n) is 9.36. The highest BCUT2D eigenvalue weighted by molar-refractivity contribution is 5.82. The van der Waals surface area contributed by atoms with Gasteiger partial charge in [-0.3, -0.25) is 14.4 Å². The minimum atomic E-state index is -0.784. The number of carbonyl (C=O) groups excluding carboxylic acids is 2. The molecule has 1 saturated heterocycles. The zero-order chi connectivity index (χ0) is 17.1. The number of rotatable bonds is 3. The highest BCUT2D eigenvalue weighted by Gasteiger charge is 2.37. The number of hydrogen-bond acceptors (Lipinski definition) is 3. The summed E-state index contributed by atoms with van der Waals surface area (Å²) >= 11 is 0. The van der Waals surface area contributed by atoms with Crippen LogP contribution in [0.5, 0.6) is 0 Å².